The molecule has 1 unspecified atom stereocenters. The maximum Gasteiger partial charge on any atom is 0.183 e. The number of hydrogen-bond acceptors (Lipinski definition) is 3. The van der Waals surface area contributed by atoms with Crippen LogP contribution in [-0.4, -0.2) is 25.6 Å². The molecule has 1 saturated heterocycles. The van der Waals surface area contributed by atoms with Gasteiger partial charge in [-0.15, -0.1) is 11.8 Å². The van der Waals surface area contributed by atoms with Gasteiger partial charge in [-0.1, -0.05) is 6.08 Å². The topological polar surface area (TPSA) is 34.1 Å². The second kappa shape index (κ2) is 4.42. The summed E-state index contributed by atoms with van der Waals surface area (Å²) in [5, 5.41) is 0. The van der Waals surface area contributed by atoms with Gasteiger partial charge in [0.25, 0.3) is 0 Å². The molecule has 0 aromatic heterocycles. The van der Waals surface area contributed by atoms with E-state index in [0.717, 1.165) is 12.2 Å². The van der Waals surface area contributed by atoms with E-state index in [0.29, 0.717) is 5.75 Å². The van der Waals surface area contributed by atoms with Crippen molar-refractivity contribution < 1.29 is 9.00 Å². The molecule has 0 spiro atoms. The number of ketones is 1. The number of allylic oxidation sites excluding steroid dienone is 2. The van der Waals surface area contributed by atoms with Crippen molar-refractivity contribution in [2.75, 3.05) is 11.5 Å². The monoisotopic (exact) mass is 218 g/mol. The zero-order chi connectivity index (χ0) is 9.90. The summed E-state index contributed by atoms with van der Waals surface area (Å²) in [6.45, 7) is 3.59. The van der Waals surface area contributed by atoms with Gasteiger partial charge in [0.1, 0.15) is 0 Å². The third-order valence-electron chi connectivity index (χ3n) is 2.05. The molecule has 74 valence electrons. The molecule has 0 aromatic rings. The van der Waals surface area contributed by atoms with Crippen LogP contribution in [0.5, 0.6) is 0 Å². The smallest absolute Gasteiger partial charge is 0.183 e. The summed E-state index contributed by atoms with van der Waals surface area (Å²) in [5.41, 5.74) is 0. The molecule has 1 fully saturated rings. The van der Waals surface area contributed by atoms with Gasteiger partial charge < -0.3 is 0 Å². The predicted octanol–water partition coefficient (Wildman–Crippen LogP) is 1.73. The zero-order valence-corrected chi connectivity index (χ0v) is 9.54. The van der Waals surface area contributed by atoms with Crippen LogP contribution in [0.2, 0.25) is 0 Å². The molecule has 1 aliphatic heterocycles. The van der Waals surface area contributed by atoms with Crippen LogP contribution in [0.3, 0.4) is 0 Å². The molecular weight excluding hydrogens is 204 g/mol. The Kier molecular flexibility index (Phi) is 3.74. The van der Waals surface area contributed by atoms with Crippen molar-refractivity contribution in [2.24, 2.45) is 0 Å². The van der Waals surface area contributed by atoms with Gasteiger partial charge in [0.05, 0.1) is 0 Å². The van der Waals surface area contributed by atoms with Crippen LogP contribution in [0.15, 0.2) is 12.2 Å². The first-order chi connectivity index (χ1) is 6.11. The van der Waals surface area contributed by atoms with Crippen LogP contribution in [0.25, 0.3) is 0 Å². The molecule has 0 bridgehead atoms. The molecule has 0 radical (unpaired) electrons. The van der Waals surface area contributed by atoms with Crippen molar-refractivity contribution in [2.45, 2.75) is 24.3 Å². The maximum atomic E-state index is 11.7. The number of thioether (sulfide) groups is 1. The third kappa shape index (κ3) is 2.23. The van der Waals surface area contributed by atoms with E-state index >= 15 is 0 Å². The second-order valence-electron chi connectivity index (χ2n) is 3.06. The fraction of sp³-hybridized carbons (Fsp3) is 0.667. The second-order valence-corrected chi connectivity index (χ2v) is 6.75. The lowest BCUT2D eigenvalue weighted by atomic mass is 10.3. The number of rotatable bonds is 2. The third-order valence-corrected chi connectivity index (χ3v) is 5.94. The van der Waals surface area contributed by atoms with E-state index in [4.69, 9.17) is 0 Å². The minimum Gasteiger partial charge on any atom is -0.292 e. The molecule has 0 amide bonds. The Hall–Kier alpha value is -0.0900. The normalized spacial score (nSPS) is 35.1. The van der Waals surface area contributed by atoms with Crippen molar-refractivity contribution in [3.8, 4) is 0 Å². The van der Waals surface area contributed by atoms with Gasteiger partial charge in [0.15, 0.2) is 9.86 Å². The lowest BCUT2D eigenvalue weighted by Crippen LogP contribution is -2.40. The molecule has 2 nitrogen and oxygen atoms in total. The highest BCUT2D eigenvalue weighted by Gasteiger charge is 2.40. The minimum absolute atomic E-state index is 0.0157. The van der Waals surface area contributed by atoms with Gasteiger partial charge in [-0.3, -0.25) is 9.00 Å². The summed E-state index contributed by atoms with van der Waals surface area (Å²) in [6.07, 6.45) is 4.19. The molecule has 0 N–H and O–H groups in total. The van der Waals surface area contributed by atoms with Crippen LogP contribution >= 0.6 is 11.8 Å². The first-order valence-electron chi connectivity index (χ1n) is 4.31. The molecule has 2 atom stereocenters. The molecule has 0 aliphatic carbocycles. The number of hydrogen-bond donors (Lipinski definition) is 0. The first-order valence-corrected chi connectivity index (χ1v) is 6.61. The molecule has 1 heterocycles. The van der Waals surface area contributed by atoms with E-state index in [9.17, 15) is 9.00 Å². The van der Waals surface area contributed by atoms with E-state index in [2.05, 4.69) is 0 Å². The van der Waals surface area contributed by atoms with E-state index in [1.165, 1.54) is 17.8 Å². The van der Waals surface area contributed by atoms with Crippen LogP contribution in [-0.2, 0) is 15.6 Å². The van der Waals surface area contributed by atoms with Crippen molar-refractivity contribution in [1.82, 2.24) is 0 Å². The first kappa shape index (κ1) is 11.0. The molecule has 1 rings (SSSR count). The van der Waals surface area contributed by atoms with Gasteiger partial charge in [-0.2, -0.15) is 0 Å². The summed E-state index contributed by atoms with van der Waals surface area (Å²) in [5.74, 6) is 1.58. The van der Waals surface area contributed by atoms with E-state index in [1.807, 2.05) is 0 Å². The van der Waals surface area contributed by atoms with Gasteiger partial charge in [0, 0.05) is 16.6 Å². The quantitative estimate of drug-likeness (QED) is 0.662. The van der Waals surface area contributed by atoms with Crippen molar-refractivity contribution in [3.05, 3.63) is 12.2 Å². The number of carbonyl (C=O) groups excluding carboxylic acids is 1. The molecule has 4 heteroatoms. The zero-order valence-electron chi connectivity index (χ0n) is 7.91. The summed E-state index contributed by atoms with van der Waals surface area (Å²) in [4.78, 5) is 11.6. The minimum atomic E-state index is -1.01. The van der Waals surface area contributed by atoms with E-state index < -0.39 is 14.9 Å². The van der Waals surface area contributed by atoms with Crippen LogP contribution in [0.4, 0.5) is 0 Å². The van der Waals surface area contributed by atoms with Gasteiger partial charge in [0.2, 0.25) is 0 Å². The highest BCUT2D eigenvalue weighted by molar-refractivity contribution is 8.14. The largest absolute Gasteiger partial charge is 0.292 e. The Balaban J connectivity index is 2.83. The molecule has 0 saturated carbocycles. The van der Waals surface area contributed by atoms with Gasteiger partial charge >= 0.3 is 0 Å². The Morgan fingerprint density at radius 1 is 1.62 bits per heavy atom. The Morgan fingerprint density at radius 2 is 2.31 bits per heavy atom. The van der Waals surface area contributed by atoms with E-state index in [1.54, 1.807) is 19.9 Å². The Bertz CT molecular complexity index is 260. The molecule has 1 aliphatic rings. The van der Waals surface area contributed by atoms with Crippen molar-refractivity contribution in [3.63, 3.8) is 0 Å². The van der Waals surface area contributed by atoms with Crippen LogP contribution in [0, 0.1) is 0 Å². The van der Waals surface area contributed by atoms with Crippen LogP contribution in [0.1, 0.15) is 20.3 Å². The lowest BCUT2D eigenvalue weighted by Gasteiger charge is -2.29. The molecule has 0 aromatic carbocycles. The van der Waals surface area contributed by atoms with Gasteiger partial charge in [-0.05, 0) is 32.1 Å². The average Bonchev–Trinajstić information content (AvgIpc) is 2.11. The van der Waals surface area contributed by atoms with Crippen LogP contribution < -0.4 is 0 Å². The highest BCUT2D eigenvalue weighted by atomic mass is 32.2. The lowest BCUT2D eigenvalue weighted by molar-refractivity contribution is -0.114. The van der Waals surface area contributed by atoms with E-state index in [-0.39, 0.29) is 5.78 Å². The summed E-state index contributed by atoms with van der Waals surface area (Å²) in [6, 6.07) is 0. The fourth-order valence-electron chi connectivity index (χ4n) is 1.20. The molecule has 13 heavy (non-hydrogen) atoms. The number of carbonyl (C=O) groups is 1. The maximum absolute atomic E-state index is 11.7. The van der Waals surface area contributed by atoms with Crippen molar-refractivity contribution in [1.29, 1.82) is 0 Å². The highest BCUT2D eigenvalue weighted by Crippen LogP contribution is 2.35. The van der Waals surface area contributed by atoms with Crippen molar-refractivity contribution >= 4 is 28.3 Å². The standard InChI is InChI=1S/C9H14O2S2/c1-3-5-8(10)9(2)12-6-4-7-13(9)11/h3,5H,4,6-7H2,1-2H3/b5-3+/t9-,13?/m0/s1. The SMILES string of the molecule is C/C=C/C(=O)[C@@]1(C)SCCCS1=O. The summed E-state index contributed by atoms with van der Waals surface area (Å²) < 4.78 is 11.0. The summed E-state index contributed by atoms with van der Waals surface area (Å²) >= 11 is 1.52. The average molecular weight is 218 g/mol. The Labute approximate surface area is 85.6 Å². The Morgan fingerprint density at radius 3 is 2.85 bits per heavy atom. The molecular formula is C9H14O2S2. The fourth-order valence-corrected chi connectivity index (χ4v) is 4.39. The van der Waals surface area contributed by atoms with Gasteiger partial charge in [-0.25, -0.2) is 0 Å². The summed E-state index contributed by atoms with van der Waals surface area (Å²) in [7, 11) is -1.01. The predicted molar refractivity (Wildman–Crippen MR) is 58.3 cm³/mol.